The maximum atomic E-state index is 12.1. The quantitative estimate of drug-likeness (QED) is 0.753. The fraction of sp³-hybridized carbons (Fsp3) is 0.250. The molecular weight excluding hydrogens is 316 g/mol. The van der Waals surface area contributed by atoms with Crippen molar-refractivity contribution in [2.24, 2.45) is 0 Å². The fourth-order valence-electron chi connectivity index (χ4n) is 2.10. The van der Waals surface area contributed by atoms with Crippen LogP contribution in [0, 0.1) is 0 Å². The molecule has 3 rings (SSSR count). The fourth-order valence-corrected chi connectivity index (χ4v) is 3.93. The van der Waals surface area contributed by atoms with Gasteiger partial charge in [-0.2, -0.15) is 0 Å². The number of thiazole rings is 1. The maximum absolute atomic E-state index is 12.1. The summed E-state index contributed by atoms with van der Waals surface area (Å²) in [6.45, 7) is 2.32. The monoisotopic (exact) mass is 332 g/mol. The maximum Gasteiger partial charge on any atom is 0.280 e. The molecule has 0 bridgehead atoms. The molecule has 0 saturated heterocycles. The number of carbonyl (C=O) groups is 1. The third kappa shape index (κ3) is 3.35. The molecule has 1 atom stereocenters. The largest absolute Gasteiger partial charge is 0.388 e. The van der Waals surface area contributed by atoms with Crippen LogP contribution in [-0.4, -0.2) is 22.5 Å². The van der Waals surface area contributed by atoms with E-state index in [1.807, 2.05) is 36.4 Å². The van der Waals surface area contributed by atoms with Gasteiger partial charge in [-0.05, 0) is 37.6 Å². The van der Waals surface area contributed by atoms with Gasteiger partial charge in [0.25, 0.3) is 5.91 Å². The number of aromatic nitrogens is 1. The van der Waals surface area contributed by atoms with E-state index in [0.717, 1.165) is 26.4 Å². The Morgan fingerprint density at radius 1 is 1.27 bits per heavy atom. The van der Waals surface area contributed by atoms with E-state index in [9.17, 15) is 9.90 Å². The Morgan fingerprint density at radius 2 is 2.09 bits per heavy atom. The minimum absolute atomic E-state index is 0.131. The summed E-state index contributed by atoms with van der Waals surface area (Å²) < 4.78 is 1.02. The van der Waals surface area contributed by atoms with E-state index in [0.29, 0.717) is 11.6 Å². The lowest BCUT2D eigenvalue weighted by Gasteiger charge is -2.01. The normalized spacial score (nSPS) is 12.5. The molecule has 0 aliphatic rings. The molecule has 2 heterocycles. The highest BCUT2D eigenvalue weighted by atomic mass is 32.1. The second-order valence-electron chi connectivity index (χ2n) is 4.97. The Bertz CT molecular complexity index is 759. The van der Waals surface area contributed by atoms with Gasteiger partial charge >= 0.3 is 0 Å². The average Bonchev–Trinajstić information content (AvgIpc) is 3.13. The standard InChI is InChI=1S/C16H16N2O2S2/c1-10(19)13-7-6-11(21-13)8-9-17-15(20)16-18-12-4-2-3-5-14(12)22-16/h2-7,10,19H,8-9H2,1H3,(H,17,20)/t10-/m0/s1. The van der Waals surface area contributed by atoms with Crippen molar-refractivity contribution < 1.29 is 9.90 Å². The van der Waals surface area contributed by atoms with Crippen molar-refractivity contribution in [2.45, 2.75) is 19.4 Å². The first-order valence-electron chi connectivity index (χ1n) is 7.04. The summed E-state index contributed by atoms with van der Waals surface area (Å²) in [7, 11) is 0. The molecular formula is C16H16N2O2S2. The van der Waals surface area contributed by atoms with Crippen molar-refractivity contribution in [3.05, 3.63) is 51.2 Å². The minimum Gasteiger partial charge on any atom is -0.388 e. The number of fused-ring (bicyclic) bond motifs is 1. The summed E-state index contributed by atoms with van der Waals surface area (Å²) >= 11 is 2.98. The predicted octanol–water partition coefficient (Wildman–Crippen LogP) is 3.38. The highest BCUT2D eigenvalue weighted by Crippen LogP contribution is 2.23. The van der Waals surface area contributed by atoms with Gasteiger partial charge in [-0.3, -0.25) is 4.79 Å². The van der Waals surface area contributed by atoms with E-state index in [-0.39, 0.29) is 5.91 Å². The van der Waals surface area contributed by atoms with Crippen LogP contribution >= 0.6 is 22.7 Å². The molecule has 2 aromatic heterocycles. The van der Waals surface area contributed by atoms with Crippen LogP contribution in [-0.2, 0) is 6.42 Å². The summed E-state index contributed by atoms with van der Waals surface area (Å²) in [6, 6.07) is 11.7. The van der Waals surface area contributed by atoms with Gasteiger partial charge in [0.1, 0.15) is 0 Å². The number of aliphatic hydroxyl groups excluding tert-OH is 1. The van der Waals surface area contributed by atoms with Crippen molar-refractivity contribution in [1.82, 2.24) is 10.3 Å². The molecule has 22 heavy (non-hydrogen) atoms. The number of amides is 1. The lowest BCUT2D eigenvalue weighted by molar-refractivity contribution is 0.0954. The van der Waals surface area contributed by atoms with Crippen molar-refractivity contribution in [3.8, 4) is 0 Å². The van der Waals surface area contributed by atoms with Crippen molar-refractivity contribution in [1.29, 1.82) is 0 Å². The number of carbonyl (C=O) groups excluding carboxylic acids is 1. The van der Waals surface area contributed by atoms with E-state index in [4.69, 9.17) is 0 Å². The van der Waals surface area contributed by atoms with Gasteiger partial charge < -0.3 is 10.4 Å². The third-order valence-corrected chi connectivity index (χ3v) is 5.59. The number of hydrogen-bond acceptors (Lipinski definition) is 5. The molecule has 1 amide bonds. The number of nitrogens with one attached hydrogen (secondary N) is 1. The average molecular weight is 332 g/mol. The zero-order chi connectivity index (χ0) is 15.5. The highest BCUT2D eigenvalue weighted by molar-refractivity contribution is 7.20. The second-order valence-corrected chi connectivity index (χ2v) is 7.20. The van der Waals surface area contributed by atoms with Gasteiger partial charge in [0.05, 0.1) is 16.3 Å². The molecule has 0 spiro atoms. The lowest BCUT2D eigenvalue weighted by Crippen LogP contribution is -2.25. The molecule has 114 valence electrons. The number of para-hydroxylation sites is 1. The predicted molar refractivity (Wildman–Crippen MR) is 90.6 cm³/mol. The summed E-state index contributed by atoms with van der Waals surface area (Å²) in [5.74, 6) is -0.131. The van der Waals surface area contributed by atoms with Crippen molar-refractivity contribution in [3.63, 3.8) is 0 Å². The Labute approximate surface area is 136 Å². The van der Waals surface area contributed by atoms with E-state index < -0.39 is 6.10 Å². The van der Waals surface area contributed by atoms with Gasteiger partial charge in [0.2, 0.25) is 0 Å². The van der Waals surface area contributed by atoms with Gasteiger partial charge in [0, 0.05) is 16.3 Å². The molecule has 4 nitrogen and oxygen atoms in total. The summed E-state index contributed by atoms with van der Waals surface area (Å²) in [6.07, 6.45) is 0.324. The van der Waals surface area contributed by atoms with E-state index in [1.54, 1.807) is 18.3 Å². The SMILES string of the molecule is C[C@H](O)c1ccc(CCNC(=O)c2nc3ccccc3s2)s1. The highest BCUT2D eigenvalue weighted by Gasteiger charge is 2.12. The Kier molecular flexibility index (Phi) is 4.52. The van der Waals surface area contributed by atoms with Crippen LogP contribution in [0.3, 0.4) is 0 Å². The molecule has 0 aliphatic carbocycles. The Morgan fingerprint density at radius 3 is 2.82 bits per heavy atom. The number of rotatable bonds is 5. The molecule has 0 radical (unpaired) electrons. The number of benzene rings is 1. The Balaban J connectivity index is 1.57. The number of hydrogen-bond donors (Lipinski definition) is 2. The third-order valence-electron chi connectivity index (χ3n) is 3.24. The molecule has 0 saturated carbocycles. The van der Waals surface area contributed by atoms with Crippen LogP contribution < -0.4 is 5.32 Å². The van der Waals surface area contributed by atoms with Gasteiger partial charge in [-0.1, -0.05) is 12.1 Å². The topological polar surface area (TPSA) is 62.2 Å². The summed E-state index contributed by atoms with van der Waals surface area (Å²) in [5.41, 5.74) is 0.859. The minimum atomic E-state index is -0.434. The first kappa shape index (κ1) is 15.1. The molecule has 0 fully saturated rings. The van der Waals surface area contributed by atoms with E-state index in [1.165, 1.54) is 11.3 Å². The van der Waals surface area contributed by atoms with Crippen LogP contribution in [0.2, 0.25) is 0 Å². The smallest absolute Gasteiger partial charge is 0.280 e. The van der Waals surface area contributed by atoms with E-state index in [2.05, 4.69) is 10.3 Å². The van der Waals surface area contributed by atoms with Crippen LogP contribution in [0.1, 0.15) is 32.6 Å². The van der Waals surface area contributed by atoms with Crippen LogP contribution in [0.5, 0.6) is 0 Å². The molecule has 0 aliphatic heterocycles. The van der Waals surface area contributed by atoms with Crippen molar-refractivity contribution in [2.75, 3.05) is 6.54 Å². The van der Waals surface area contributed by atoms with Crippen LogP contribution in [0.15, 0.2) is 36.4 Å². The Hall–Kier alpha value is -1.76. The van der Waals surface area contributed by atoms with Crippen LogP contribution in [0.4, 0.5) is 0 Å². The number of aliphatic hydroxyl groups is 1. The van der Waals surface area contributed by atoms with Gasteiger partial charge in [-0.25, -0.2) is 4.98 Å². The lowest BCUT2D eigenvalue weighted by atomic mass is 10.3. The molecule has 0 unspecified atom stereocenters. The number of nitrogens with zero attached hydrogens (tertiary/aromatic N) is 1. The zero-order valence-corrected chi connectivity index (χ0v) is 13.7. The van der Waals surface area contributed by atoms with Crippen molar-refractivity contribution >= 4 is 38.8 Å². The molecule has 1 aromatic carbocycles. The van der Waals surface area contributed by atoms with Gasteiger partial charge in [0.15, 0.2) is 5.01 Å². The zero-order valence-electron chi connectivity index (χ0n) is 12.1. The second kappa shape index (κ2) is 6.56. The van der Waals surface area contributed by atoms with Gasteiger partial charge in [-0.15, -0.1) is 22.7 Å². The van der Waals surface area contributed by atoms with E-state index >= 15 is 0 Å². The first-order valence-corrected chi connectivity index (χ1v) is 8.67. The molecule has 2 N–H and O–H groups in total. The molecule has 6 heteroatoms. The van der Waals surface area contributed by atoms with Crippen LogP contribution in [0.25, 0.3) is 10.2 Å². The summed E-state index contributed by atoms with van der Waals surface area (Å²) in [5, 5.41) is 12.9. The molecule has 3 aromatic rings. The summed E-state index contributed by atoms with van der Waals surface area (Å²) in [4.78, 5) is 18.6. The number of thiophene rings is 1. The first-order chi connectivity index (χ1) is 10.6.